The summed E-state index contributed by atoms with van der Waals surface area (Å²) in [5, 5.41) is 10.9. The molecule has 168 valence electrons. The summed E-state index contributed by atoms with van der Waals surface area (Å²) in [5.74, 6) is 0.0929. The minimum absolute atomic E-state index is 0.147. The predicted octanol–water partition coefficient (Wildman–Crippen LogP) is 2.15. The Morgan fingerprint density at radius 2 is 2.06 bits per heavy atom. The average Bonchev–Trinajstić information content (AvgIpc) is 2.78. The van der Waals surface area contributed by atoms with Gasteiger partial charge in [0, 0.05) is 37.7 Å². The highest BCUT2D eigenvalue weighted by molar-refractivity contribution is 7.89. The first-order chi connectivity index (χ1) is 14.9. The maximum absolute atomic E-state index is 12.9. The fourth-order valence-electron chi connectivity index (χ4n) is 3.44. The summed E-state index contributed by atoms with van der Waals surface area (Å²) in [6, 6.07) is 6.15. The fraction of sp³-hybridized carbons (Fsp3) is 0.450. The number of hydrogen-bond donors (Lipinski definition) is 1. The first kappa shape index (κ1) is 23.4. The van der Waals surface area contributed by atoms with Gasteiger partial charge in [-0.3, -0.25) is 15.0 Å². The van der Waals surface area contributed by atoms with E-state index in [0.29, 0.717) is 54.7 Å². The molecule has 1 fully saturated rings. The van der Waals surface area contributed by atoms with Gasteiger partial charge in [0.1, 0.15) is 6.10 Å². The Hall–Kier alpha value is -2.27. The molecule has 0 unspecified atom stereocenters. The molecule has 1 aliphatic heterocycles. The molecule has 9 nitrogen and oxygen atoms in total. The molecule has 2 aromatic heterocycles. The van der Waals surface area contributed by atoms with Crippen molar-refractivity contribution >= 4 is 28.0 Å². The van der Waals surface area contributed by atoms with Gasteiger partial charge in [-0.05, 0) is 43.4 Å². The average molecular weight is 469 g/mol. The Bertz CT molecular complexity index is 938. The van der Waals surface area contributed by atoms with Crippen molar-refractivity contribution in [1.82, 2.24) is 19.3 Å². The number of pyridine rings is 2. The molecule has 3 heterocycles. The molecule has 1 N–H and O–H groups in total. The smallest absolute Gasteiger partial charge is 0.233 e. The normalized spacial score (nSPS) is 16.6. The van der Waals surface area contributed by atoms with Crippen molar-refractivity contribution in [3.63, 3.8) is 0 Å². The minimum Gasteiger partial charge on any atom is -0.474 e. The second-order valence-electron chi connectivity index (χ2n) is 7.35. The lowest BCUT2D eigenvalue weighted by molar-refractivity contribution is -0.158. The number of carbonyl (C=O) groups is 1. The van der Waals surface area contributed by atoms with Gasteiger partial charge in [0.25, 0.3) is 0 Å². The molecule has 0 aromatic carbocycles. The first-order valence-electron chi connectivity index (χ1n) is 9.95. The summed E-state index contributed by atoms with van der Waals surface area (Å²) in [6.45, 7) is 0.588. The predicted molar refractivity (Wildman–Crippen MR) is 114 cm³/mol. The number of rotatable bonds is 10. The lowest BCUT2D eigenvalue weighted by Crippen LogP contribution is -2.47. The monoisotopic (exact) mass is 468 g/mol. The molecule has 1 atom stereocenters. The van der Waals surface area contributed by atoms with Crippen LogP contribution in [0.2, 0.25) is 5.02 Å². The van der Waals surface area contributed by atoms with E-state index in [2.05, 4.69) is 9.97 Å². The third kappa shape index (κ3) is 6.86. The van der Waals surface area contributed by atoms with E-state index >= 15 is 0 Å². The third-order valence-electron chi connectivity index (χ3n) is 5.16. The van der Waals surface area contributed by atoms with Crippen LogP contribution in [0.1, 0.15) is 24.8 Å². The number of ether oxygens (including phenoxy) is 1. The number of amides is 1. The number of carbonyl (C=O) groups excluding carboxylic acids is 1. The van der Waals surface area contributed by atoms with Crippen molar-refractivity contribution in [1.29, 1.82) is 0 Å². The number of hydroxylamine groups is 2. The zero-order valence-electron chi connectivity index (χ0n) is 16.9. The lowest BCUT2D eigenvalue weighted by Gasteiger charge is -2.32. The van der Waals surface area contributed by atoms with Crippen LogP contribution in [0.3, 0.4) is 0 Å². The Morgan fingerprint density at radius 3 is 2.68 bits per heavy atom. The zero-order valence-corrected chi connectivity index (χ0v) is 18.5. The van der Waals surface area contributed by atoms with Crippen LogP contribution in [0.4, 0.5) is 0 Å². The molecule has 1 amide bonds. The lowest BCUT2D eigenvalue weighted by atomic mass is 10.1. The Morgan fingerprint density at radius 1 is 1.29 bits per heavy atom. The Balaban J connectivity index is 1.55. The maximum Gasteiger partial charge on any atom is 0.233 e. The molecule has 0 bridgehead atoms. The Labute approximate surface area is 186 Å². The van der Waals surface area contributed by atoms with Gasteiger partial charge in [-0.1, -0.05) is 17.7 Å². The highest BCUT2D eigenvalue weighted by Crippen LogP contribution is 2.21. The van der Waals surface area contributed by atoms with Crippen molar-refractivity contribution in [2.45, 2.75) is 37.8 Å². The van der Waals surface area contributed by atoms with Gasteiger partial charge in [-0.15, -0.1) is 0 Å². The molecule has 3 rings (SSSR count). The molecule has 1 aliphatic rings. The second-order valence-corrected chi connectivity index (χ2v) is 9.80. The fourth-order valence-corrected chi connectivity index (χ4v) is 5.33. The van der Waals surface area contributed by atoms with Crippen LogP contribution >= 0.6 is 11.6 Å². The van der Waals surface area contributed by atoms with Crippen LogP contribution in [0.25, 0.3) is 0 Å². The van der Waals surface area contributed by atoms with E-state index in [-0.39, 0.29) is 18.3 Å². The van der Waals surface area contributed by atoms with Gasteiger partial charge in [-0.25, -0.2) is 22.8 Å². The molecular formula is C20H25ClN4O5S. The topological polar surface area (TPSA) is 113 Å². The van der Waals surface area contributed by atoms with Crippen molar-refractivity contribution in [3.8, 4) is 5.88 Å². The molecule has 2 aromatic rings. The third-order valence-corrected chi connectivity index (χ3v) is 7.34. The van der Waals surface area contributed by atoms with E-state index in [1.165, 1.54) is 10.5 Å². The highest BCUT2D eigenvalue weighted by Gasteiger charge is 2.32. The molecule has 0 spiro atoms. The number of nitrogens with zero attached hydrogens (tertiary/aromatic N) is 4. The van der Waals surface area contributed by atoms with E-state index < -0.39 is 16.1 Å². The van der Waals surface area contributed by atoms with Gasteiger partial charge in [0.2, 0.25) is 22.3 Å². The number of aryl methyl sites for hydroxylation is 1. The highest BCUT2D eigenvalue weighted by atomic mass is 35.5. The van der Waals surface area contributed by atoms with Gasteiger partial charge in [0.05, 0.1) is 16.8 Å². The second kappa shape index (κ2) is 10.9. The van der Waals surface area contributed by atoms with Crippen LogP contribution in [-0.2, 0) is 21.2 Å². The molecular weight excluding hydrogens is 444 g/mol. The molecule has 0 aliphatic carbocycles. The molecule has 0 saturated carbocycles. The molecule has 0 radical (unpaired) electrons. The largest absolute Gasteiger partial charge is 0.474 e. The summed E-state index contributed by atoms with van der Waals surface area (Å²) in [6.07, 6.45) is 6.72. The van der Waals surface area contributed by atoms with Gasteiger partial charge in [0.15, 0.2) is 0 Å². The van der Waals surface area contributed by atoms with Crippen molar-refractivity contribution in [2.75, 3.05) is 18.8 Å². The summed E-state index contributed by atoms with van der Waals surface area (Å²) in [4.78, 5) is 19.2. The van der Waals surface area contributed by atoms with Crippen LogP contribution < -0.4 is 4.74 Å². The quantitative estimate of drug-likeness (QED) is 0.323. The van der Waals surface area contributed by atoms with Crippen molar-refractivity contribution in [3.05, 3.63) is 53.4 Å². The van der Waals surface area contributed by atoms with E-state index in [9.17, 15) is 18.4 Å². The van der Waals surface area contributed by atoms with E-state index in [0.717, 1.165) is 5.56 Å². The zero-order chi connectivity index (χ0) is 22.3. The van der Waals surface area contributed by atoms with Crippen LogP contribution in [0, 0.1) is 0 Å². The van der Waals surface area contributed by atoms with Gasteiger partial charge in [-0.2, -0.15) is 0 Å². The number of hydrogen-bond acceptors (Lipinski definition) is 7. The minimum atomic E-state index is -3.68. The number of aromatic nitrogens is 2. The summed E-state index contributed by atoms with van der Waals surface area (Å²) in [5.41, 5.74) is 0.901. The molecule has 31 heavy (non-hydrogen) atoms. The van der Waals surface area contributed by atoms with E-state index in [1.54, 1.807) is 30.6 Å². The summed E-state index contributed by atoms with van der Waals surface area (Å²) >= 11 is 5.82. The van der Waals surface area contributed by atoms with Crippen LogP contribution in [0.5, 0.6) is 5.88 Å². The maximum atomic E-state index is 12.9. The first-order valence-corrected chi connectivity index (χ1v) is 11.9. The van der Waals surface area contributed by atoms with Crippen molar-refractivity contribution in [2.24, 2.45) is 0 Å². The summed E-state index contributed by atoms with van der Waals surface area (Å²) < 4.78 is 33.0. The standard InChI is InChI=1S/C20H25ClN4O5S/c21-17-4-6-20(23-13-17)30-19-7-10-24(11-8-19)31(28,29)14-18(25(27)15-26)5-3-16-2-1-9-22-12-16/h1-2,4,6,9,12-13,15,18-19,27H,3,5,7-8,10-11,14H2/t18-/m1/s1. The van der Waals surface area contributed by atoms with Crippen molar-refractivity contribution < 1.29 is 23.2 Å². The number of sulfonamides is 1. The molecule has 11 heteroatoms. The van der Waals surface area contributed by atoms with E-state index in [1.807, 2.05) is 6.07 Å². The number of piperidine rings is 1. The molecule has 1 saturated heterocycles. The number of halogens is 1. The summed E-state index contributed by atoms with van der Waals surface area (Å²) in [7, 11) is -3.68. The van der Waals surface area contributed by atoms with Crippen LogP contribution in [0.15, 0.2) is 42.9 Å². The SMILES string of the molecule is O=CN(O)[C@H](CCc1cccnc1)CS(=O)(=O)N1CCC(Oc2ccc(Cl)cn2)CC1. The Kier molecular flexibility index (Phi) is 8.19. The van der Waals surface area contributed by atoms with Gasteiger partial charge < -0.3 is 4.74 Å². The van der Waals surface area contributed by atoms with E-state index in [4.69, 9.17) is 16.3 Å². The van der Waals surface area contributed by atoms with Gasteiger partial charge >= 0.3 is 0 Å². The van der Waals surface area contributed by atoms with Crippen LogP contribution in [-0.4, -0.2) is 70.4 Å².